The van der Waals surface area contributed by atoms with Crippen LogP contribution in [0.3, 0.4) is 0 Å². The van der Waals surface area contributed by atoms with Crippen LogP contribution in [0.25, 0.3) is 21.3 Å². The summed E-state index contributed by atoms with van der Waals surface area (Å²) in [4.78, 5) is 15.9. The Hall–Kier alpha value is -1.43. The quantitative estimate of drug-likeness (QED) is 0.418. The Labute approximate surface area is 170 Å². The van der Waals surface area contributed by atoms with Crippen molar-refractivity contribution >= 4 is 55.4 Å². The summed E-state index contributed by atoms with van der Waals surface area (Å²) in [6.45, 7) is 8.01. The van der Waals surface area contributed by atoms with Gasteiger partial charge in [0.25, 0.3) is 0 Å². The van der Waals surface area contributed by atoms with E-state index in [9.17, 15) is 4.79 Å². The van der Waals surface area contributed by atoms with Crippen molar-refractivity contribution in [3.8, 4) is 16.9 Å². The van der Waals surface area contributed by atoms with E-state index < -0.39 is 0 Å². The Balaban J connectivity index is 2.37. The summed E-state index contributed by atoms with van der Waals surface area (Å²) < 4.78 is 8.03. The van der Waals surface area contributed by atoms with Gasteiger partial charge in [-0.05, 0) is 79.0 Å². The molecule has 26 heavy (non-hydrogen) atoms. The van der Waals surface area contributed by atoms with Crippen LogP contribution in [0, 0.1) is 6.92 Å². The highest BCUT2D eigenvalue weighted by molar-refractivity contribution is 9.11. The van der Waals surface area contributed by atoms with E-state index in [0.29, 0.717) is 17.2 Å². The van der Waals surface area contributed by atoms with Gasteiger partial charge in [0.15, 0.2) is 3.92 Å². The zero-order valence-corrected chi connectivity index (χ0v) is 18.2. The number of aryl methyl sites for hydroxylation is 1. The van der Waals surface area contributed by atoms with E-state index in [2.05, 4.69) is 20.9 Å². The average Bonchev–Trinajstić information content (AvgIpc) is 2.87. The van der Waals surface area contributed by atoms with E-state index in [1.54, 1.807) is 11.3 Å². The number of hydrogen-bond acceptors (Lipinski definition) is 4. The van der Waals surface area contributed by atoms with Crippen LogP contribution in [0.4, 0.5) is 0 Å². The minimum atomic E-state index is -0.374. The van der Waals surface area contributed by atoms with Gasteiger partial charge in [-0.1, -0.05) is 11.6 Å². The van der Waals surface area contributed by atoms with Crippen molar-refractivity contribution in [2.45, 2.75) is 39.7 Å². The van der Waals surface area contributed by atoms with Gasteiger partial charge in [0.2, 0.25) is 0 Å². The summed E-state index contributed by atoms with van der Waals surface area (Å²) in [5, 5.41) is 0.610. The van der Waals surface area contributed by atoms with Crippen molar-refractivity contribution < 1.29 is 9.53 Å². The summed E-state index contributed by atoms with van der Waals surface area (Å²) in [6, 6.07) is 7.66. The van der Waals surface area contributed by atoms with Crippen LogP contribution in [0.1, 0.15) is 31.9 Å². The van der Waals surface area contributed by atoms with Crippen LogP contribution in [0.15, 0.2) is 28.2 Å². The summed E-state index contributed by atoms with van der Waals surface area (Å²) in [6.07, 6.45) is 1.28. The fraction of sp³-hybridized carbons (Fsp3) is 0.300. The Bertz CT molecular complexity index is 992. The summed E-state index contributed by atoms with van der Waals surface area (Å²) in [5.74, 6) is 0.702. The highest BCUT2D eigenvalue weighted by Gasteiger charge is 2.22. The number of thiazole rings is 1. The van der Waals surface area contributed by atoms with Crippen molar-refractivity contribution in [2.75, 3.05) is 0 Å². The molecule has 0 spiro atoms. The van der Waals surface area contributed by atoms with Crippen LogP contribution < -0.4 is 4.74 Å². The smallest absolute Gasteiger partial charge is 0.160 e. The van der Waals surface area contributed by atoms with E-state index in [1.807, 2.05) is 52.0 Å². The van der Waals surface area contributed by atoms with Gasteiger partial charge in [-0.3, -0.25) is 0 Å². The highest BCUT2D eigenvalue weighted by atomic mass is 79.9. The number of benzene rings is 2. The number of halogens is 2. The van der Waals surface area contributed by atoms with Crippen molar-refractivity contribution in [3.05, 3.63) is 44.3 Å². The monoisotopic (exact) mass is 451 g/mol. The van der Waals surface area contributed by atoms with E-state index in [4.69, 9.17) is 16.3 Å². The third kappa shape index (κ3) is 3.95. The van der Waals surface area contributed by atoms with Crippen molar-refractivity contribution in [3.63, 3.8) is 0 Å². The maximum atomic E-state index is 11.3. The number of ether oxygens (including phenoxy) is 1. The normalized spacial score (nSPS) is 11.8. The SMILES string of the molecule is Cc1cc2nc(Br)sc2c(-c2ccc(Cl)cc2OC(C)(C)C)c1CC=O. The van der Waals surface area contributed by atoms with Gasteiger partial charge < -0.3 is 9.53 Å². The van der Waals surface area contributed by atoms with Crippen LogP contribution >= 0.6 is 38.9 Å². The predicted molar refractivity (Wildman–Crippen MR) is 113 cm³/mol. The van der Waals surface area contributed by atoms with Crippen LogP contribution in [-0.4, -0.2) is 16.9 Å². The van der Waals surface area contributed by atoms with Crippen LogP contribution in [-0.2, 0) is 11.2 Å². The lowest BCUT2D eigenvalue weighted by Crippen LogP contribution is -2.23. The number of aldehydes is 1. The van der Waals surface area contributed by atoms with E-state index >= 15 is 0 Å². The molecule has 0 aliphatic heterocycles. The Morgan fingerprint density at radius 2 is 2.04 bits per heavy atom. The van der Waals surface area contributed by atoms with Crippen molar-refractivity contribution in [2.24, 2.45) is 0 Å². The Morgan fingerprint density at radius 3 is 2.69 bits per heavy atom. The molecule has 0 bridgehead atoms. The van der Waals surface area contributed by atoms with Gasteiger partial charge in [0, 0.05) is 22.6 Å². The second kappa shape index (κ2) is 7.29. The van der Waals surface area contributed by atoms with Gasteiger partial charge in [0.05, 0.1) is 10.2 Å². The average molecular weight is 453 g/mol. The Kier molecular flexibility index (Phi) is 5.42. The van der Waals surface area contributed by atoms with Crippen LogP contribution in [0.5, 0.6) is 5.75 Å². The zero-order valence-electron chi connectivity index (χ0n) is 15.0. The van der Waals surface area contributed by atoms with Crippen molar-refractivity contribution in [1.82, 2.24) is 4.98 Å². The molecule has 0 aliphatic carbocycles. The molecule has 0 N–H and O–H groups in total. The fourth-order valence-electron chi connectivity index (χ4n) is 2.96. The molecule has 1 heterocycles. The molecule has 0 fully saturated rings. The van der Waals surface area contributed by atoms with Crippen LogP contribution in [0.2, 0.25) is 5.02 Å². The fourth-order valence-corrected chi connectivity index (χ4v) is 4.65. The molecule has 0 atom stereocenters. The summed E-state index contributed by atoms with van der Waals surface area (Å²) in [7, 11) is 0. The molecule has 2 aromatic carbocycles. The molecule has 0 saturated carbocycles. The molecule has 3 nitrogen and oxygen atoms in total. The maximum absolute atomic E-state index is 11.3. The Morgan fingerprint density at radius 1 is 1.31 bits per heavy atom. The number of carbonyl (C=O) groups excluding carboxylic acids is 1. The minimum Gasteiger partial charge on any atom is -0.487 e. The third-order valence-electron chi connectivity index (χ3n) is 3.90. The molecule has 0 unspecified atom stereocenters. The first-order chi connectivity index (χ1) is 12.2. The minimum absolute atomic E-state index is 0.338. The molecular formula is C20H19BrClNO2S. The highest BCUT2D eigenvalue weighted by Crippen LogP contribution is 2.44. The molecule has 0 saturated heterocycles. The molecular weight excluding hydrogens is 434 g/mol. The second-order valence-corrected chi connectivity index (χ2v) is 9.80. The van der Waals surface area contributed by atoms with Gasteiger partial charge in [-0.2, -0.15) is 0 Å². The molecule has 6 heteroatoms. The van der Waals surface area contributed by atoms with E-state index in [0.717, 1.165) is 42.7 Å². The number of hydrogen-bond donors (Lipinski definition) is 0. The first-order valence-electron chi connectivity index (χ1n) is 8.20. The number of rotatable bonds is 4. The molecule has 1 aromatic heterocycles. The van der Waals surface area contributed by atoms with Gasteiger partial charge in [-0.15, -0.1) is 11.3 Å². The van der Waals surface area contributed by atoms with E-state index in [-0.39, 0.29) is 5.60 Å². The molecule has 0 radical (unpaired) electrons. The lowest BCUT2D eigenvalue weighted by atomic mass is 9.93. The first kappa shape index (κ1) is 19.3. The topological polar surface area (TPSA) is 39.2 Å². The van der Waals surface area contributed by atoms with Gasteiger partial charge in [0.1, 0.15) is 17.6 Å². The summed E-state index contributed by atoms with van der Waals surface area (Å²) in [5.41, 5.74) is 4.47. The largest absolute Gasteiger partial charge is 0.487 e. The van der Waals surface area contributed by atoms with E-state index in [1.165, 1.54) is 0 Å². The standard InChI is InChI=1S/C20H19BrClNO2S/c1-11-9-15-18(26-19(21)23-15)17(13(11)7-8-24)14-6-5-12(22)10-16(14)25-20(2,3)4/h5-6,8-10H,7H2,1-4H3. The predicted octanol–water partition coefficient (Wildman–Crippen LogP) is 6.61. The molecule has 136 valence electrons. The zero-order chi connectivity index (χ0) is 19.1. The molecule has 3 aromatic rings. The van der Waals surface area contributed by atoms with Gasteiger partial charge in [-0.25, -0.2) is 4.98 Å². The first-order valence-corrected chi connectivity index (χ1v) is 10.2. The van der Waals surface area contributed by atoms with Gasteiger partial charge >= 0.3 is 0 Å². The maximum Gasteiger partial charge on any atom is 0.160 e. The molecule has 3 rings (SSSR count). The summed E-state index contributed by atoms with van der Waals surface area (Å²) >= 11 is 11.3. The molecule has 0 aliphatic rings. The molecule has 0 amide bonds. The number of fused-ring (bicyclic) bond motifs is 1. The third-order valence-corrected chi connectivity index (χ3v) is 5.68. The lowest BCUT2D eigenvalue weighted by molar-refractivity contribution is -0.107. The van der Waals surface area contributed by atoms with Crippen molar-refractivity contribution in [1.29, 1.82) is 0 Å². The number of aromatic nitrogens is 1. The number of carbonyl (C=O) groups is 1. The lowest BCUT2D eigenvalue weighted by Gasteiger charge is -2.24. The number of nitrogens with zero attached hydrogens (tertiary/aromatic N) is 1. The second-order valence-electron chi connectivity index (χ2n) is 7.09.